The zero-order chi connectivity index (χ0) is 25.9. The molecule has 2 aliphatic rings. The van der Waals surface area contributed by atoms with Crippen molar-refractivity contribution in [3.63, 3.8) is 0 Å². The van der Waals surface area contributed by atoms with E-state index in [2.05, 4.69) is 0 Å². The summed E-state index contributed by atoms with van der Waals surface area (Å²) in [7, 11) is 6.39. The van der Waals surface area contributed by atoms with E-state index in [1.54, 1.807) is 57.5 Å². The van der Waals surface area contributed by atoms with Crippen LogP contribution in [0.25, 0.3) is 0 Å². The van der Waals surface area contributed by atoms with Crippen LogP contribution in [-0.2, 0) is 26.3 Å². The summed E-state index contributed by atoms with van der Waals surface area (Å²) in [5.74, 6) is 1.06. The smallest absolute Gasteiger partial charge is 0.241 e. The monoisotopic (exact) mass is 494 g/mol. The van der Waals surface area contributed by atoms with Crippen LogP contribution < -0.4 is 14.2 Å². The quantitative estimate of drug-likeness (QED) is 0.494. The van der Waals surface area contributed by atoms with Crippen LogP contribution >= 0.6 is 0 Å². The number of imide groups is 1. The van der Waals surface area contributed by atoms with Crippen LogP contribution in [0.1, 0.15) is 49.7 Å². The molecule has 1 aliphatic heterocycles. The topological polar surface area (TPSA) is 85.4 Å². The number of benzene rings is 2. The van der Waals surface area contributed by atoms with Gasteiger partial charge in [0.1, 0.15) is 5.75 Å². The summed E-state index contributed by atoms with van der Waals surface area (Å²) in [6.45, 7) is 0.321. The summed E-state index contributed by atoms with van der Waals surface area (Å²) < 4.78 is 16.1. The van der Waals surface area contributed by atoms with Crippen molar-refractivity contribution in [2.45, 2.75) is 56.5 Å². The van der Waals surface area contributed by atoms with Crippen molar-refractivity contribution in [2.24, 2.45) is 0 Å². The number of carbonyl (C=O) groups excluding carboxylic acids is 3. The Morgan fingerprint density at radius 2 is 1.72 bits per heavy atom. The number of ether oxygens (including phenoxy) is 3. The van der Waals surface area contributed by atoms with E-state index in [1.165, 1.54) is 4.90 Å². The Bertz CT molecular complexity index is 1140. The maximum absolute atomic E-state index is 14.0. The Balaban J connectivity index is 1.62. The molecule has 0 bridgehead atoms. The average molecular weight is 495 g/mol. The molecule has 1 saturated heterocycles. The first-order valence-corrected chi connectivity index (χ1v) is 12.3. The van der Waals surface area contributed by atoms with Gasteiger partial charge in [-0.3, -0.25) is 19.3 Å². The van der Waals surface area contributed by atoms with Crippen LogP contribution in [-0.4, -0.2) is 61.9 Å². The summed E-state index contributed by atoms with van der Waals surface area (Å²) >= 11 is 0. The molecular formula is C28H34N2O6. The van der Waals surface area contributed by atoms with Gasteiger partial charge in [-0.1, -0.05) is 31.0 Å². The molecule has 0 aromatic heterocycles. The van der Waals surface area contributed by atoms with Crippen LogP contribution in [0.4, 0.5) is 0 Å². The molecule has 3 amide bonds. The largest absolute Gasteiger partial charge is 0.497 e. The standard InChI is InChI=1S/C28H34N2O6/c1-29(18-19-12-13-23(35-3)24(14-19)36-4)25(31)16-28(20-8-7-11-22(15-20)34-2)17-26(32)30(27(28)33)21-9-5-6-10-21/h7-8,11-15,21H,5-6,9-10,16-18H2,1-4H3. The van der Waals surface area contributed by atoms with E-state index in [4.69, 9.17) is 14.2 Å². The number of nitrogens with zero attached hydrogens (tertiary/aromatic N) is 2. The van der Waals surface area contributed by atoms with Gasteiger partial charge in [-0.05, 0) is 48.2 Å². The molecule has 4 rings (SSSR count). The fourth-order valence-electron chi connectivity index (χ4n) is 5.42. The normalized spacial score (nSPS) is 20.1. The maximum Gasteiger partial charge on any atom is 0.241 e. The lowest BCUT2D eigenvalue weighted by Crippen LogP contribution is -2.45. The molecule has 0 radical (unpaired) electrons. The number of rotatable bonds is 9. The van der Waals surface area contributed by atoms with Crippen molar-refractivity contribution in [1.29, 1.82) is 0 Å². The predicted molar refractivity (Wildman–Crippen MR) is 134 cm³/mol. The van der Waals surface area contributed by atoms with Crippen molar-refractivity contribution < 1.29 is 28.6 Å². The Morgan fingerprint density at radius 3 is 2.39 bits per heavy atom. The van der Waals surface area contributed by atoms with Gasteiger partial charge in [0.2, 0.25) is 17.7 Å². The average Bonchev–Trinajstić information content (AvgIpc) is 3.50. The van der Waals surface area contributed by atoms with Crippen molar-refractivity contribution in [3.8, 4) is 17.2 Å². The van der Waals surface area contributed by atoms with Crippen LogP contribution in [0, 0.1) is 0 Å². The molecule has 1 unspecified atom stereocenters. The van der Waals surface area contributed by atoms with E-state index in [-0.39, 0.29) is 36.6 Å². The lowest BCUT2D eigenvalue weighted by Gasteiger charge is -2.31. The Hall–Kier alpha value is -3.55. The fraction of sp³-hybridized carbons (Fsp3) is 0.464. The number of methoxy groups -OCH3 is 3. The molecule has 1 heterocycles. The van der Waals surface area contributed by atoms with Crippen LogP contribution in [0.3, 0.4) is 0 Å². The first kappa shape index (κ1) is 25.5. The molecular weight excluding hydrogens is 460 g/mol. The molecule has 192 valence electrons. The Labute approximate surface area is 212 Å². The van der Waals surface area contributed by atoms with Crippen LogP contribution in [0.15, 0.2) is 42.5 Å². The number of hydrogen-bond donors (Lipinski definition) is 0. The molecule has 1 saturated carbocycles. The van der Waals surface area contributed by atoms with Crippen molar-refractivity contribution in [2.75, 3.05) is 28.4 Å². The van der Waals surface area contributed by atoms with E-state index in [0.29, 0.717) is 29.4 Å². The minimum Gasteiger partial charge on any atom is -0.497 e. The van der Waals surface area contributed by atoms with E-state index in [0.717, 1.165) is 31.2 Å². The van der Waals surface area contributed by atoms with Gasteiger partial charge in [-0.2, -0.15) is 0 Å². The molecule has 2 fully saturated rings. The van der Waals surface area contributed by atoms with E-state index in [1.807, 2.05) is 18.2 Å². The van der Waals surface area contributed by atoms with Gasteiger partial charge >= 0.3 is 0 Å². The van der Waals surface area contributed by atoms with Gasteiger partial charge < -0.3 is 19.1 Å². The van der Waals surface area contributed by atoms with Gasteiger partial charge in [0.25, 0.3) is 0 Å². The predicted octanol–water partition coefficient (Wildman–Crippen LogP) is 3.70. The summed E-state index contributed by atoms with van der Waals surface area (Å²) in [5.41, 5.74) is 0.242. The molecule has 2 aromatic carbocycles. The van der Waals surface area contributed by atoms with E-state index in [9.17, 15) is 14.4 Å². The number of carbonyl (C=O) groups is 3. The highest BCUT2D eigenvalue weighted by Crippen LogP contribution is 2.44. The van der Waals surface area contributed by atoms with Gasteiger partial charge in [-0.15, -0.1) is 0 Å². The minimum absolute atomic E-state index is 0.0224. The highest BCUT2D eigenvalue weighted by atomic mass is 16.5. The van der Waals surface area contributed by atoms with Crippen molar-refractivity contribution in [3.05, 3.63) is 53.6 Å². The molecule has 36 heavy (non-hydrogen) atoms. The van der Waals surface area contributed by atoms with E-state index < -0.39 is 5.41 Å². The molecule has 0 N–H and O–H groups in total. The van der Waals surface area contributed by atoms with Crippen molar-refractivity contribution in [1.82, 2.24) is 9.80 Å². The zero-order valence-electron chi connectivity index (χ0n) is 21.4. The van der Waals surface area contributed by atoms with Gasteiger partial charge in [-0.25, -0.2) is 0 Å². The second kappa shape index (κ2) is 10.6. The molecule has 1 aliphatic carbocycles. The van der Waals surface area contributed by atoms with E-state index >= 15 is 0 Å². The summed E-state index contributed by atoms with van der Waals surface area (Å²) in [4.78, 5) is 43.7. The first-order chi connectivity index (χ1) is 17.3. The lowest BCUT2D eigenvalue weighted by atomic mass is 9.75. The zero-order valence-corrected chi connectivity index (χ0v) is 21.4. The number of amides is 3. The maximum atomic E-state index is 14.0. The molecule has 8 nitrogen and oxygen atoms in total. The highest BCUT2D eigenvalue weighted by molar-refractivity contribution is 6.11. The Kier molecular flexibility index (Phi) is 7.52. The third-order valence-corrected chi connectivity index (χ3v) is 7.41. The minimum atomic E-state index is -1.25. The third-order valence-electron chi connectivity index (χ3n) is 7.41. The van der Waals surface area contributed by atoms with Crippen LogP contribution in [0.5, 0.6) is 17.2 Å². The fourth-order valence-corrected chi connectivity index (χ4v) is 5.42. The summed E-state index contributed by atoms with van der Waals surface area (Å²) in [5, 5.41) is 0. The van der Waals surface area contributed by atoms with Gasteiger partial charge in [0.15, 0.2) is 11.5 Å². The lowest BCUT2D eigenvalue weighted by molar-refractivity contribution is -0.144. The highest BCUT2D eigenvalue weighted by Gasteiger charge is 2.55. The second-order valence-electron chi connectivity index (χ2n) is 9.61. The summed E-state index contributed by atoms with van der Waals surface area (Å²) in [6, 6.07) is 12.6. The van der Waals surface area contributed by atoms with Gasteiger partial charge in [0.05, 0.1) is 26.7 Å². The molecule has 2 aromatic rings. The van der Waals surface area contributed by atoms with Crippen molar-refractivity contribution >= 4 is 17.7 Å². The summed E-state index contributed by atoms with van der Waals surface area (Å²) in [6.07, 6.45) is 3.52. The SMILES string of the molecule is COc1cccc(C2(CC(=O)N(C)Cc3ccc(OC)c(OC)c3)CC(=O)N(C3CCCC3)C2=O)c1. The first-order valence-electron chi connectivity index (χ1n) is 12.3. The molecule has 0 spiro atoms. The second-order valence-corrected chi connectivity index (χ2v) is 9.61. The molecule has 8 heteroatoms. The molecule has 1 atom stereocenters. The number of hydrogen-bond acceptors (Lipinski definition) is 6. The van der Waals surface area contributed by atoms with Crippen LogP contribution in [0.2, 0.25) is 0 Å². The Morgan fingerprint density at radius 1 is 1.00 bits per heavy atom. The van der Waals surface area contributed by atoms with Gasteiger partial charge in [0, 0.05) is 32.5 Å². The third kappa shape index (κ3) is 4.76. The number of likely N-dealkylation sites (tertiary alicyclic amines) is 1.